The summed E-state index contributed by atoms with van der Waals surface area (Å²) in [5, 5.41) is 0. The highest BCUT2D eigenvalue weighted by molar-refractivity contribution is 5.83. The molecule has 1 amide bonds. The number of morpholine rings is 1. The smallest absolute Gasteiger partial charge is 0.228 e. The van der Waals surface area contributed by atoms with Gasteiger partial charge >= 0.3 is 0 Å². The Hall–Kier alpha value is -1.09. The molecule has 0 N–H and O–H groups in total. The van der Waals surface area contributed by atoms with Crippen molar-refractivity contribution >= 4 is 5.91 Å². The Morgan fingerprint density at radius 3 is 2.67 bits per heavy atom. The zero-order valence-electron chi connectivity index (χ0n) is 17.7. The van der Waals surface area contributed by atoms with Crippen LogP contribution in [0.4, 0.5) is 0 Å². The number of nitrogens with zero attached hydrogens (tertiary/aromatic N) is 1. The van der Waals surface area contributed by atoms with E-state index in [1.165, 1.54) is 25.7 Å². The minimum atomic E-state index is -0.214. The lowest BCUT2D eigenvalue weighted by molar-refractivity contribution is -0.159. The third kappa shape index (κ3) is 3.10. The summed E-state index contributed by atoms with van der Waals surface area (Å²) in [5.41, 5.74) is 3.24. The lowest BCUT2D eigenvalue weighted by atomic mass is 9.46. The number of allylic oxidation sites excluding steroid dienone is 4. The van der Waals surface area contributed by atoms with Crippen LogP contribution in [0.2, 0.25) is 0 Å². The van der Waals surface area contributed by atoms with Crippen LogP contribution in [0.15, 0.2) is 23.3 Å². The Balaban J connectivity index is 1.65. The van der Waals surface area contributed by atoms with Crippen LogP contribution in [0.1, 0.15) is 66.2 Å². The van der Waals surface area contributed by atoms with Crippen molar-refractivity contribution in [2.75, 3.05) is 26.3 Å². The highest BCUT2D eigenvalue weighted by Gasteiger charge is 2.57. The predicted molar refractivity (Wildman–Crippen MR) is 109 cm³/mol. The Morgan fingerprint density at radius 2 is 1.96 bits per heavy atom. The fourth-order valence-electron chi connectivity index (χ4n) is 6.73. The molecule has 1 heterocycles. The number of ether oxygens (including phenoxy) is 1. The molecule has 4 atom stereocenters. The summed E-state index contributed by atoms with van der Waals surface area (Å²) in [6.07, 6.45) is 12.1. The Bertz CT molecular complexity index is 657. The zero-order chi connectivity index (χ0) is 19.2. The average Bonchev–Trinajstić information content (AvgIpc) is 2.67. The Morgan fingerprint density at radius 1 is 1.22 bits per heavy atom. The molecule has 2 fully saturated rings. The monoisotopic (exact) mass is 371 g/mol. The van der Waals surface area contributed by atoms with E-state index in [1.54, 1.807) is 11.1 Å². The first-order valence-electron chi connectivity index (χ1n) is 11.1. The minimum absolute atomic E-state index is 0.214. The number of carbonyl (C=O) groups is 1. The molecule has 3 aliphatic carbocycles. The molecule has 4 rings (SSSR count). The molecule has 4 unspecified atom stereocenters. The molecule has 3 nitrogen and oxygen atoms in total. The molecular formula is C24H37NO2. The topological polar surface area (TPSA) is 29.5 Å². The van der Waals surface area contributed by atoms with Gasteiger partial charge in [-0.25, -0.2) is 0 Å². The van der Waals surface area contributed by atoms with E-state index in [1.807, 2.05) is 0 Å². The lowest BCUT2D eigenvalue weighted by Gasteiger charge is -2.58. The third-order valence-electron chi connectivity index (χ3n) is 8.37. The van der Waals surface area contributed by atoms with E-state index < -0.39 is 0 Å². The van der Waals surface area contributed by atoms with Gasteiger partial charge in [-0.2, -0.15) is 0 Å². The van der Waals surface area contributed by atoms with Crippen molar-refractivity contribution in [2.24, 2.45) is 28.6 Å². The number of amides is 1. The summed E-state index contributed by atoms with van der Waals surface area (Å²) < 4.78 is 5.49. The molecule has 27 heavy (non-hydrogen) atoms. The van der Waals surface area contributed by atoms with Crippen LogP contribution < -0.4 is 0 Å². The molecule has 0 aromatic carbocycles. The quantitative estimate of drug-likeness (QED) is 0.685. The molecule has 3 heteroatoms. The van der Waals surface area contributed by atoms with Crippen LogP contribution in [0.25, 0.3) is 0 Å². The molecule has 1 saturated carbocycles. The van der Waals surface area contributed by atoms with Crippen LogP contribution in [0.5, 0.6) is 0 Å². The summed E-state index contributed by atoms with van der Waals surface area (Å²) in [6.45, 7) is 12.3. The molecule has 1 aliphatic heterocycles. The number of hydrogen-bond donors (Lipinski definition) is 0. The lowest BCUT2D eigenvalue weighted by Crippen LogP contribution is -2.57. The molecule has 0 aromatic heterocycles. The van der Waals surface area contributed by atoms with Gasteiger partial charge in [0.25, 0.3) is 0 Å². The molecule has 1 saturated heterocycles. The van der Waals surface area contributed by atoms with Gasteiger partial charge in [-0.1, -0.05) is 51.8 Å². The molecule has 0 spiro atoms. The standard InChI is InChI=1S/C24H37NO2/c1-17(2)18-6-8-20-19(16-18)7-9-21-23(20,3)10-5-11-24(21,4)22(26)25-12-14-27-15-13-25/h7,16-17,20-21H,5-6,8-15H2,1-4H3. The van der Waals surface area contributed by atoms with Crippen molar-refractivity contribution < 1.29 is 9.53 Å². The predicted octanol–water partition coefficient (Wildman–Crippen LogP) is 4.98. The van der Waals surface area contributed by atoms with E-state index in [0.717, 1.165) is 25.9 Å². The number of fused-ring (bicyclic) bond motifs is 3. The van der Waals surface area contributed by atoms with Crippen LogP contribution in [0, 0.1) is 28.6 Å². The van der Waals surface area contributed by atoms with Gasteiger partial charge in [-0.3, -0.25) is 4.79 Å². The fourth-order valence-corrected chi connectivity index (χ4v) is 6.73. The highest BCUT2D eigenvalue weighted by Crippen LogP contribution is 2.62. The summed E-state index contributed by atoms with van der Waals surface area (Å²) in [4.78, 5) is 15.7. The van der Waals surface area contributed by atoms with Crippen LogP contribution in [-0.2, 0) is 9.53 Å². The van der Waals surface area contributed by atoms with E-state index in [0.29, 0.717) is 36.9 Å². The molecular weight excluding hydrogens is 334 g/mol. The van der Waals surface area contributed by atoms with Gasteiger partial charge in [0.1, 0.15) is 0 Å². The van der Waals surface area contributed by atoms with Gasteiger partial charge in [0.15, 0.2) is 0 Å². The maximum absolute atomic E-state index is 13.6. The fraction of sp³-hybridized carbons (Fsp3) is 0.792. The van der Waals surface area contributed by atoms with Gasteiger partial charge in [-0.05, 0) is 60.8 Å². The molecule has 0 radical (unpaired) electrons. The van der Waals surface area contributed by atoms with Crippen LogP contribution >= 0.6 is 0 Å². The van der Waals surface area contributed by atoms with Gasteiger partial charge in [0.2, 0.25) is 5.91 Å². The maximum atomic E-state index is 13.6. The second kappa shape index (κ2) is 7.06. The van der Waals surface area contributed by atoms with Crippen molar-refractivity contribution in [2.45, 2.75) is 66.2 Å². The van der Waals surface area contributed by atoms with E-state index in [2.05, 4.69) is 44.7 Å². The Labute approximate surface area is 165 Å². The van der Waals surface area contributed by atoms with E-state index in [-0.39, 0.29) is 10.8 Å². The average molecular weight is 372 g/mol. The first-order valence-corrected chi connectivity index (χ1v) is 11.1. The van der Waals surface area contributed by atoms with Gasteiger partial charge in [-0.15, -0.1) is 0 Å². The van der Waals surface area contributed by atoms with E-state index in [9.17, 15) is 4.79 Å². The van der Waals surface area contributed by atoms with Crippen LogP contribution in [0.3, 0.4) is 0 Å². The van der Waals surface area contributed by atoms with E-state index in [4.69, 9.17) is 4.74 Å². The summed E-state index contributed by atoms with van der Waals surface area (Å²) >= 11 is 0. The van der Waals surface area contributed by atoms with E-state index >= 15 is 0 Å². The second-order valence-electron chi connectivity index (χ2n) is 10.1. The SMILES string of the molecule is CC(C)C1=CC2=CCC3C(C)(C(=O)N4CCOCC4)CCCC3(C)C2CC1. The van der Waals surface area contributed by atoms with Crippen molar-refractivity contribution in [3.05, 3.63) is 23.3 Å². The molecule has 4 aliphatic rings. The number of hydrogen-bond acceptors (Lipinski definition) is 2. The third-order valence-corrected chi connectivity index (χ3v) is 8.37. The summed E-state index contributed by atoms with van der Waals surface area (Å²) in [6, 6.07) is 0. The Kier molecular flexibility index (Phi) is 5.03. The largest absolute Gasteiger partial charge is 0.378 e. The first kappa shape index (κ1) is 19.2. The van der Waals surface area contributed by atoms with Gasteiger partial charge in [0, 0.05) is 13.1 Å². The van der Waals surface area contributed by atoms with Crippen molar-refractivity contribution in [3.8, 4) is 0 Å². The molecule has 150 valence electrons. The summed E-state index contributed by atoms with van der Waals surface area (Å²) in [7, 11) is 0. The van der Waals surface area contributed by atoms with Gasteiger partial charge < -0.3 is 9.64 Å². The molecule has 0 aromatic rings. The second-order valence-corrected chi connectivity index (χ2v) is 10.1. The highest BCUT2D eigenvalue weighted by atomic mass is 16.5. The minimum Gasteiger partial charge on any atom is -0.378 e. The zero-order valence-corrected chi connectivity index (χ0v) is 17.7. The summed E-state index contributed by atoms with van der Waals surface area (Å²) in [5.74, 6) is 2.15. The normalized spacial score (nSPS) is 39.4. The maximum Gasteiger partial charge on any atom is 0.228 e. The van der Waals surface area contributed by atoms with Gasteiger partial charge in [0.05, 0.1) is 18.6 Å². The van der Waals surface area contributed by atoms with Crippen LogP contribution in [-0.4, -0.2) is 37.1 Å². The number of rotatable bonds is 2. The first-order chi connectivity index (χ1) is 12.9. The molecule has 0 bridgehead atoms. The van der Waals surface area contributed by atoms with Crippen molar-refractivity contribution in [3.63, 3.8) is 0 Å². The van der Waals surface area contributed by atoms with Crippen molar-refractivity contribution in [1.82, 2.24) is 4.90 Å². The van der Waals surface area contributed by atoms with Crippen molar-refractivity contribution in [1.29, 1.82) is 0 Å². The number of carbonyl (C=O) groups excluding carboxylic acids is 1.